The maximum absolute atomic E-state index is 12.5. The molecule has 2 aromatic heterocycles. The molecule has 0 aliphatic carbocycles. The van der Waals surface area contributed by atoms with Gasteiger partial charge in [0.05, 0.1) is 0 Å². The number of hydrogen-bond acceptors (Lipinski definition) is 6. The second-order valence-corrected chi connectivity index (χ2v) is 5.90. The quantitative estimate of drug-likeness (QED) is 0.689. The smallest absolute Gasteiger partial charge is 0.435 e. The van der Waals surface area contributed by atoms with Gasteiger partial charge in [-0.15, -0.1) is 20.4 Å². The standard InChI is InChI=1S/C15H12F3N5OS/c1-23-12(9-24-10-5-3-2-4-6-10)20-22-14(23)25-13-8-7-11(19-21-13)15(16,17)18/h2-8H,9H2,1H3. The van der Waals surface area contributed by atoms with E-state index in [1.165, 1.54) is 6.07 Å². The fourth-order valence-electron chi connectivity index (χ4n) is 1.84. The molecular weight excluding hydrogens is 355 g/mol. The minimum atomic E-state index is -4.51. The van der Waals surface area contributed by atoms with Crippen LogP contribution >= 0.6 is 11.8 Å². The van der Waals surface area contributed by atoms with E-state index in [0.29, 0.717) is 21.8 Å². The summed E-state index contributed by atoms with van der Waals surface area (Å²) in [6, 6.07) is 11.4. The van der Waals surface area contributed by atoms with Gasteiger partial charge >= 0.3 is 6.18 Å². The van der Waals surface area contributed by atoms with Crippen molar-refractivity contribution in [2.24, 2.45) is 7.05 Å². The molecule has 0 aliphatic heterocycles. The molecule has 0 radical (unpaired) electrons. The summed E-state index contributed by atoms with van der Waals surface area (Å²) in [5, 5.41) is 15.5. The van der Waals surface area contributed by atoms with Crippen molar-refractivity contribution in [3.63, 3.8) is 0 Å². The Balaban J connectivity index is 1.67. The third-order valence-electron chi connectivity index (χ3n) is 3.16. The van der Waals surface area contributed by atoms with Gasteiger partial charge in [-0.3, -0.25) is 0 Å². The molecule has 10 heteroatoms. The Morgan fingerprint density at radius 2 is 1.76 bits per heavy atom. The van der Waals surface area contributed by atoms with Crippen LogP contribution in [-0.2, 0) is 19.8 Å². The predicted octanol–water partition coefficient (Wildman–Crippen LogP) is 3.35. The average Bonchev–Trinajstić information content (AvgIpc) is 2.94. The van der Waals surface area contributed by atoms with Crippen LogP contribution in [0.3, 0.4) is 0 Å². The first-order valence-electron chi connectivity index (χ1n) is 7.08. The fourth-order valence-corrected chi connectivity index (χ4v) is 2.57. The molecule has 0 aliphatic rings. The van der Waals surface area contributed by atoms with E-state index in [0.717, 1.165) is 17.8 Å². The maximum Gasteiger partial charge on any atom is 0.435 e. The summed E-state index contributed by atoms with van der Waals surface area (Å²) in [6.07, 6.45) is -4.51. The highest BCUT2D eigenvalue weighted by atomic mass is 32.2. The number of halogens is 3. The highest BCUT2D eigenvalue weighted by Crippen LogP contribution is 2.29. The monoisotopic (exact) mass is 367 g/mol. The molecule has 0 atom stereocenters. The largest absolute Gasteiger partial charge is 0.486 e. The lowest BCUT2D eigenvalue weighted by Crippen LogP contribution is -2.09. The number of aromatic nitrogens is 5. The van der Waals surface area contributed by atoms with Crippen molar-refractivity contribution in [3.8, 4) is 5.75 Å². The van der Waals surface area contributed by atoms with Crippen LogP contribution in [-0.4, -0.2) is 25.0 Å². The van der Waals surface area contributed by atoms with Gasteiger partial charge in [-0.1, -0.05) is 18.2 Å². The molecule has 3 rings (SSSR count). The van der Waals surface area contributed by atoms with Gasteiger partial charge in [-0.2, -0.15) is 13.2 Å². The first-order chi connectivity index (χ1) is 11.9. The molecule has 130 valence electrons. The first kappa shape index (κ1) is 17.2. The van der Waals surface area contributed by atoms with Crippen molar-refractivity contribution in [3.05, 3.63) is 54.0 Å². The Labute approximate surface area is 145 Å². The average molecular weight is 367 g/mol. The molecule has 0 bridgehead atoms. The molecule has 0 saturated heterocycles. The summed E-state index contributed by atoms with van der Waals surface area (Å²) in [6.45, 7) is 0.215. The van der Waals surface area contributed by atoms with Crippen LogP contribution in [0.2, 0.25) is 0 Å². The van der Waals surface area contributed by atoms with Crippen LogP contribution in [0.5, 0.6) is 5.75 Å². The van der Waals surface area contributed by atoms with Crippen molar-refractivity contribution in [2.45, 2.75) is 23.0 Å². The molecule has 6 nitrogen and oxygen atoms in total. The van der Waals surface area contributed by atoms with E-state index in [-0.39, 0.29) is 6.61 Å². The lowest BCUT2D eigenvalue weighted by molar-refractivity contribution is -0.141. The second-order valence-electron chi connectivity index (χ2n) is 4.92. The number of rotatable bonds is 5. The first-order valence-corrected chi connectivity index (χ1v) is 7.90. The second kappa shape index (κ2) is 7.09. The van der Waals surface area contributed by atoms with Crippen molar-refractivity contribution in [1.82, 2.24) is 25.0 Å². The number of benzene rings is 1. The summed E-state index contributed by atoms with van der Waals surface area (Å²) in [5.41, 5.74) is -1.04. The lowest BCUT2D eigenvalue weighted by atomic mass is 10.3. The SMILES string of the molecule is Cn1c(COc2ccccc2)nnc1Sc1ccc(C(F)(F)F)nn1. The van der Waals surface area contributed by atoms with Crippen LogP contribution < -0.4 is 4.74 Å². The van der Waals surface area contributed by atoms with Crippen LogP contribution in [0.1, 0.15) is 11.5 Å². The van der Waals surface area contributed by atoms with Gasteiger partial charge in [0, 0.05) is 7.05 Å². The Kier molecular flexibility index (Phi) is 4.88. The number of hydrogen-bond donors (Lipinski definition) is 0. The van der Waals surface area contributed by atoms with E-state index in [1.807, 2.05) is 30.3 Å². The Hall–Kier alpha value is -2.62. The van der Waals surface area contributed by atoms with Crippen LogP contribution in [0.25, 0.3) is 0 Å². The minimum absolute atomic E-state index is 0.215. The maximum atomic E-state index is 12.5. The van der Waals surface area contributed by atoms with Gasteiger partial charge in [0.25, 0.3) is 0 Å². The third-order valence-corrected chi connectivity index (χ3v) is 4.13. The van der Waals surface area contributed by atoms with Crippen molar-refractivity contribution in [1.29, 1.82) is 0 Å². The lowest BCUT2D eigenvalue weighted by Gasteiger charge is -2.06. The molecule has 25 heavy (non-hydrogen) atoms. The summed E-state index contributed by atoms with van der Waals surface area (Å²) in [4.78, 5) is 0. The Morgan fingerprint density at radius 3 is 2.40 bits per heavy atom. The molecule has 3 aromatic rings. The molecule has 0 spiro atoms. The predicted molar refractivity (Wildman–Crippen MR) is 82.9 cm³/mol. The Morgan fingerprint density at radius 1 is 1.00 bits per heavy atom. The van der Waals surface area contributed by atoms with Gasteiger partial charge in [0.15, 0.2) is 16.7 Å². The molecule has 0 saturated carbocycles. The van der Waals surface area contributed by atoms with E-state index < -0.39 is 11.9 Å². The molecule has 0 amide bonds. The van der Waals surface area contributed by atoms with Gasteiger partial charge in [0.2, 0.25) is 0 Å². The number of nitrogens with zero attached hydrogens (tertiary/aromatic N) is 5. The van der Waals surface area contributed by atoms with Crippen LogP contribution in [0.4, 0.5) is 13.2 Å². The topological polar surface area (TPSA) is 65.7 Å². The Bertz CT molecular complexity index is 837. The van der Waals surface area contributed by atoms with Crippen LogP contribution in [0, 0.1) is 0 Å². The van der Waals surface area contributed by atoms with Crippen molar-refractivity contribution in [2.75, 3.05) is 0 Å². The summed E-state index contributed by atoms with van der Waals surface area (Å²) in [7, 11) is 1.74. The van der Waals surface area contributed by atoms with Crippen molar-refractivity contribution >= 4 is 11.8 Å². The molecule has 1 aromatic carbocycles. The van der Waals surface area contributed by atoms with Gasteiger partial charge in [-0.05, 0) is 36.0 Å². The van der Waals surface area contributed by atoms with E-state index in [1.54, 1.807) is 11.6 Å². The highest BCUT2D eigenvalue weighted by Gasteiger charge is 2.32. The zero-order valence-electron chi connectivity index (χ0n) is 12.9. The minimum Gasteiger partial charge on any atom is -0.486 e. The van der Waals surface area contributed by atoms with Crippen molar-refractivity contribution < 1.29 is 17.9 Å². The number of ether oxygens (including phenoxy) is 1. The van der Waals surface area contributed by atoms with Gasteiger partial charge in [0.1, 0.15) is 17.4 Å². The molecule has 0 N–H and O–H groups in total. The van der Waals surface area contributed by atoms with Gasteiger partial charge in [-0.25, -0.2) is 0 Å². The third kappa shape index (κ3) is 4.27. The summed E-state index contributed by atoms with van der Waals surface area (Å²) < 4.78 is 44.8. The summed E-state index contributed by atoms with van der Waals surface area (Å²) in [5.74, 6) is 1.28. The zero-order valence-corrected chi connectivity index (χ0v) is 13.8. The van der Waals surface area contributed by atoms with E-state index >= 15 is 0 Å². The number of para-hydroxylation sites is 1. The van der Waals surface area contributed by atoms with E-state index in [2.05, 4.69) is 20.4 Å². The van der Waals surface area contributed by atoms with Gasteiger partial charge < -0.3 is 9.30 Å². The fraction of sp³-hybridized carbons (Fsp3) is 0.200. The van der Waals surface area contributed by atoms with E-state index in [4.69, 9.17) is 4.74 Å². The molecule has 0 unspecified atom stereocenters. The van der Waals surface area contributed by atoms with Crippen LogP contribution in [0.15, 0.2) is 52.6 Å². The van der Waals surface area contributed by atoms with E-state index in [9.17, 15) is 13.2 Å². The molecule has 0 fully saturated rings. The molecule has 2 heterocycles. The highest BCUT2D eigenvalue weighted by molar-refractivity contribution is 7.99. The zero-order chi connectivity index (χ0) is 17.9. The summed E-state index contributed by atoms with van der Waals surface area (Å²) >= 11 is 1.07. The number of alkyl halides is 3. The normalized spacial score (nSPS) is 11.5. The molecular formula is C15H12F3N5OS.